The van der Waals surface area contributed by atoms with E-state index in [1.807, 2.05) is 28.2 Å². The molecule has 0 rings (SSSR count). The molecular weight excluding hydrogens is 229 g/mol. The molecule has 0 fully saturated rings. The molecule has 0 bridgehead atoms. The number of nitrogens with zero attached hydrogens (tertiary/aromatic N) is 2. The highest BCUT2D eigenvalue weighted by Crippen LogP contribution is 2.26. The van der Waals surface area contributed by atoms with E-state index in [-0.39, 0.29) is 6.16 Å². The minimum absolute atomic E-state index is 0.174. The summed E-state index contributed by atoms with van der Waals surface area (Å²) < 4.78 is 11.6. The number of hydrogen-bond acceptors (Lipinski definition) is 2. The first-order chi connectivity index (χ1) is 7.15. The molecule has 0 radical (unpaired) electrons. The highest BCUT2D eigenvalue weighted by atomic mass is 31.2. The van der Waals surface area contributed by atoms with Crippen LogP contribution in [-0.4, -0.2) is 61.2 Å². The molecule has 7 heteroatoms. The van der Waals surface area contributed by atoms with Gasteiger partial charge in [0.2, 0.25) is 0 Å². The molecule has 1 unspecified atom stereocenters. The van der Waals surface area contributed by atoms with Crippen molar-refractivity contribution in [2.45, 2.75) is 13.8 Å². The molecule has 0 aromatic carbocycles. The van der Waals surface area contributed by atoms with Gasteiger partial charge in [-0.3, -0.25) is 14.8 Å². The maximum Gasteiger partial charge on any atom is 0.347 e. The largest absolute Gasteiger partial charge is 0.779 e. The molecule has 0 aliphatic rings. The lowest BCUT2D eigenvalue weighted by Gasteiger charge is -2.11. The van der Waals surface area contributed by atoms with Gasteiger partial charge in [-0.05, 0) is 6.92 Å². The van der Waals surface area contributed by atoms with Crippen LogP contribution < -0.4 is 10.2 Å². The van der Waals surface area contributed by atoms with E-state index in [0.717, 1.165) is 12.5 Å². The summed E-state index contributed by atoms with van der Waals surface area (Å²) in [7, 11) is 4.21. The zero-order valence-corrected chi connectivity index (χ0v) is 11.9. The Morgan fingerprint density at radius 2 is 1.81 bits per heavy atom. The molecule has 0 aliphatic heterocycles. The summed E-state index contributed by atoms with van der Waals surface area (Å²) >= 11 is 0. The molecule has 1 atom stereocenters. The average Bonchev–Trinajstić information content (AvgIpc) is 2.13. The molecule has 16 heavy (non-hydrogen) atoms. The number of guanidine groups is 1. The van der Waals surface area contributed by atoms with E-state index in [1.165, 1.54) is 6.92 Å². The summed E-state index contributed by atoms with van der Waals surface area (Å²) in [5.41, 5.74) is 0. The molecule has 0 spiro atoms. The normalized spacial score (nSPS) is 13.0. The fourth-order valence-electron chi connectivity index (χ4n) is 0.874. The molecule has 2 N–H and O–H groups in total. The van der Waals surface area contributed by atoms with Gasteiger partial charge in [-0.25, -0.2) is 0 Å². The standard InChI is InChI=1S/C7H17N3.C2H7O3P/c1-6-8-7(9(2)3)10(4)5;1-2-6(3,4)5/h6H2,1-5H3;2H2,1H3,(H2,3,4,5). The van der Waals surface area contributed by atoms with E-state index in [4.69, 9.17) is 4.89 Å². The lowest BCUT2D eigenvalue weighted by atomic mass is 10.7. The smallest absolute Gasteiger partial charge is 0.347 e. The van der Waals surface area contributed by atoms with Crippen LogP contribution in [0.2, 0.25) is 0 Å². The maximum atomic E-state index is 9.58. The van der Waals surface area contributed by atoms with Crippen molar-refractivity contribution < 1.29 is 18.9 Å². The van der Waals surface area contributed by atoms with Gasteiger partial charge in [0.25, 0.3) is 0 Å². The molecule has 0 aromatic rings. The van der Waals surface area contributed by atoms with E-state index in [0.29, 0.717) is 0 Å². The van der Waals surface area contributed by atoms with Gasteiger partial charge in [0, 0.05) is 6.16 Å². The third-order valence-electron chi connectivity index (χ3n) is 1.58. The minimum Gasteiger partial charge on any atom is -0.779 e. The Morgan fingerprint density at radius 3 is 1.88 bits per heavy atom. The Kier molecular flexibility index (Phi) is 9.52. The van der Waals surface area contributed by atoms with Gasteiger partial charge in [-0.1, -0.05) is 6.92 Å². The molecule has 0 aliphatic carbocycles. The molecule has 0 saturated carbocycles. The van der Waals surface area contributed by atoms with Crippen molar-refractivity contribution in [1.82, 2.24) is 10.2 Å². The molecule has 0 amide bonds. The van der Waals surface area contributed by atoms with Crippen LogP contribution in [0.25, 0.3) is 0 Å². The minimum atomic E-state index is -3.90. The summed E-state index contributed by atoms with van der Waals surface area (Å²) in [6, 6.07) is 0. The molecule has 0 saturated heterocycles. The lowest BCUT2D eigenvalue weighted by molar-refractivity contribution is -0.472. The second kappa shape index (κ2) is 8.56. The second-order valence-corrected chi connectivity index (χ2v) is 5.50. The maximum absolute atomic E-state index is 9.58. The average molecular weight is 253 g/mol. The van der Waals surface area contributed by atoms with Gasteiger partial charge in [0.05, 0.1) is 34.7 Å². The first-order valence-corrected chi connectivity index (χ1v) is 6.90. The van der Waals surface area contributed by atoms with E-state index < -0.39 is 7.60 Å². The third-order valence-corrected chi connectivity index (χ3v) is 2.38. The Hall–Kier alpha value is -0.580. The van der Waals surface area contributed by atoms with Gasteiger partial charge in [0.1, 0.15) is 7.60 Å². The summed E-state index contributed by atoms with van der Waals surface area (Å²) in [6.07, 6.45) is -0.174. The number of rotatable bonds is 2. The van der Waals surface area contributed by atoms with Crippen molar-refractivity contribution in [2.24, 2.45) is 0 Å². The van der Waals surface area contributed by atoms with E-state index in [2.05, 4.69) is 21.7 Å². The quantitative estimate of drug-likeness (QED) is 0.295. The van der Waals surface area contributed by atoms with Crippen LogP contribution in [0, 0.1) is 0 Å². The predicted octanol–water partition coefficient (Wildman–Crippen LogP) is -0.662. The van der Waals surface area contributed by atoms with Crippen LogP contribution in [0.4, 0.5) is 0 Å². The Bertz CT molecular complexity index is 257. The second-order valence-electron chi connectivity index (χ2n) is 3.60. The number of hydrogen-bond donors (Lipinski definition) is 2. The molecule has 0 aromatic heterocycles. The van der Waals surface area contributed by atoms with Crippen molar-refractivity contribution in [1.29, 1.82) is 0 Å². The first kappa shape index (κ1) is 17.8. The number of nitrogens with one attached hydrogen (secondary N) is 1. The topological polar surface area (TPSA) is 78.6 Å². The molecule has 0 heterocycles. The van der Waals surface area contributed by atoms with Crippen LogP contribution in [-0.2, 0) is 4.57 Å². The van der Waals surface area contributed by atoms with Crippen LogP contribution in [0.1, 0.15) is 13.8 Å². The van der Waals surface area contributed by atoms with Gasteiger partial charge >= 0.3 is 5.96 Å². The summed E-state index contributed by atoms with van der Waals surface area (Å²) in [6.45, 7) is 4.44. The Balaban J connectivity index is 0. The van der Waals surface area contributed by atoms with Gasteiger partial charge in [0.15, 0.2) is 0 Å². The predicted molar refractivity (Wildman–Crippen MR) is 64.8 cm³/mol. The van der Waals surface area contributed by atoms with Gasteiger partial charge in [-0.15, -0.1) is 0 Å². The Labute approximate surface area is 98.1 Å². The van der Waals surface area contributed by atoms with Crippen LogP contribution in [0.3, 0.4) is 0 Å². The first-order valence-electron chi connectivity index (χ1n) is 5.14. The van der Waals surface area contributed by atoms with Crippen LogP contribution >= 0.6 is 7.60 Å². The fourth-order valence-corrected chi connectivity index (χ4v) is 0.874. The van der Waals surface area contributed by atoms with Crippen molar-refractivity contribution in [2.75, 3.05) is 40.9 Å². The lowest BCUT2D eigenvalue weighted by Crippen LogP contribution is -2.41. The van der Waals surface area contributed by atoms with Crippen molar-refractivity contribution in [3.63, 3.8) is 0 Å². The summed E-state index contributed by atoms with van der Waals surface area (Å²) in [4.78, 5) is 19.5. The van der Waals surface area contributed by atoms with Crippen molar-refractivity contribution in [3.8, 4) is 0 Å². The molecular formula is C9H24N3O3P. The monoisotopic (exact) mass is 253 g/mol. The summed E-state index contributed by atoms with van der Waals surface area (Å²) in [5, 5.41) is 3.25. The van der Waals surface area contributed by atoms with E-state index in [1.54, 1.807) is 0 Å². The highest BCUT2D eigenvalue weighted by Gasteiger charge is 2.07. The SMILES string of the molecule is CCNC(N(C)C)=[N+](C)C.CCP(=O)([O-])O. The van der Waals surface area contributed by atoms with Crippen molar-refractivity contribution >= 4 is 13.6 Å². The molecule has 98 valence electrons. The molecule has 6 nitrogen and oxygen atoms in total. The third kappa shape index (κ3) is 11.5. The van der Waals surface area contributed by atoms with Gasteiger partial charge < -0.3 is 14.4 Å². The zero-order valence-electron chi connectivity index (χ0n) is 11.0. The fraction of sp³-hybridized carbons (Fsp3) is 0.889. The highest BCUT2D eigenvalue weighted by molar-refractivity contribution is 7.50. The van der Waals surface area contributed by atoms with E-state index >= 15 is 0 Å². The zero-order chi connectivity index (χ0) is 13.4. The Morgan fingerprint density at radius 1 is 1.44 bits per heavy atom. The van der Waals surface area contributed by atoms with Crippen LogP contribution in [0.15, 0.2) is 0 Å². The van der Waals surface area contributed by atoms with Crippen LogP contribution in [0.5, 0.6) is 0 Å². The van der Waals surface area contributed by atoms with Gasteiger partial charge in [-0.2, -0.15) is 0 Å². The van der Waals surface area contributed by atoms with Crippen molar-refractivity contribution in [3.05, 3.63) is 0 Å². The van der Waals surface area contributed by atoms with E-state index in [9.17, 15) is 9.46 Å². The summed E-state index contributed by atoms with van der Waals surface area (Å²) in [5.74, 6) is 1.14.